The molecule has 0 aromatic heterocycles. The van der Waals surface area contributed by atoms with Crippen LogP contribution >= 0.6 is 0 Å². The van der Waals surface area contributed by atoms with Gasteiger partial charge in [0.2, 0.25) is 11.8 Å². The summed E-state index contributed by atoms with van der Waals surface area (Å²) >= 11 is 0. The van der Waals surface area contributed by atoms with Crippen molar-refractivity contribution in [1.29, 1.82) is 0 Å². The highest BCUT2D eigenvalue weighted by Crippen LogP contribution is 2.50. The van der Waals surface area contributed by atoms with Gasteiger partial charge in [0.05, 0.1) is 41.7 Å². The molecule has 2 aromatic rings. The first-order valence-corrected chi connectivity index (χ1v) is 16.3. The van der Waals surface area contributed by atoms with Crippen molar-refractivity contribution in [2.75, 3.05) is 41.7 Å². The molecule has 0 N–H and O–H groups in total. The number of rotatable bonds is 6. The fraction of sp³-hybridized carbons (Fsp3) is 0.474. The van der Waals surface area contributed by atoms with Gasteiger partial charge in [0, 0.05) is 34.1 Å². The number of benzene rings is 2. The largest absolute Gasteiger partial charge is 0.497 e. The molecule has 4 aliphatic rings. The molecule has 12 nitrogen and oxygen atoms in total. The van der Waals surface area contributed by atoms with Crippen LogP contribution in [-0.2, 0) is 38.1 Å². The van der Waals surface area contributed by atoms with E-state index in [4.69, 9.17) is 28.4 Å². The van der Waals surface area contributed by atoms with Crippen LogP contribution in [0, 0.1) is 10.8 Å². The first kappa shape index (κ1) is 36.6. The Hall–Kier alpha value is -4.68. The molecule has 4 heterocycles. The third-order valence-corrected chi connectivity index (χ3v) is 9.42. The quantitative estimate of drug-likeness (QED) is 0.401. The molecular weight excluding hydrogens is 644 g/mol. The third-order valence-electron chi connectivity index (χ3n) is 9.42. The molecule has 12 heteroatoms. The number of nitrogens with zero attached hydrogens (tertiary/aromatic N) is 2. The maximum absolute atomic E-state index is 12.8. The van der Waals surface area contributed by atoms with E-state index in [0.29, 0.717) is 22.6 Å². The Balaban J connectivity index is 0.000000194. The molecule has 4 aliphatic heterocycles. The first-order chi connectivity index (χ1) is 23.5. The average molecular weight is 691 g/mol. The number of fused-ring (bicyclic) bond motifs is 2. The summed E-state index contributed by atoms with van der Waals surface area (Å²) in [5.41, 5.74) is -0.460. The van der Waals surface area contributed by atoms with Crippen LogP contribution in [0.15, 0.2) is 60.7 Å². The molecule has 2 amide bonds. The summed E-state index contributed by atoms with van der Waals surface area (Å²) in [7, 11) is 5.83. The number of hydrogen-bond donors (Lipinski definition) is 0. The summed E-state index contributed by atoms with van der Waals surface area (Å²) in [5.74, 6) is -0.0672. The molecule has 2 saturated heterocycles. The molecule has 0 bridgehead atoms. The zero-order chi connectivity index (χ0) is 36.8. The minimum absolute atomic E-state index is 0.0746. The Morgan fingerprint density at radius 3 is 1.20 bits per heavy atom. The van der Waals surface area contributed by atoms with E-state index in [2.05, 4.69) is 0 Å². The predicted octanol–water partition coefficient (Wildman–Crippen LogP) is 4.47. The van der Waals surface area contributed by atoms with Crippen LogP contribution in [0.3, 0.4) is 0 Å². The van der Waals surface area contributed by atoms with Crippen molar-refractivity contribution in [1.82, 2.24) is 9.80 Å². The van der Waals surface area contributed by atoms with Crippen LogP contribution in [0.4, 0.5) is 0 Å². The fourth-order valence-corrected chi connectivity index (χ4v) is 7.07. The molecule has 0 saturated carbocycles. The van der Waals surface area contributed by atoms with E-state index in [1.807, 2.05) is 65.8 Å². The van der Waals surface area contributed by atoms with Crippen LogP contribution in [0.2, 0.25) is 0 Å². The monoisotopic (exact) mass is 690 g/mol. The molecule has 0 aliphatic carbocycles. The van der Waals surface area contributed by atoms with Crippen LogP contribution in [0.25, 0.3) is 11.1 Å². The van der Waals surface area contributed by atoms with E-state index in [1.165, 1.54) is 36.2 Å². The molecule has 0 unspecified atom stereocenters. The molecule has 2 fully saturated rings. The van der Waals surface area contributed by atoms with Crippen LogP contribution < -0.4 is 9.47 Å². The van der Waals surface area contributed by atoms with Gasteiger partial charge in [-0.15, -0.1) is 0 Å². The molecule has 2 aromatic carbocycles. The number of ether oxygens (including phenoxy) is 6. The molecule has 50 heavy (non-hydrogen) atoms. The molecular formula is C38H46N2O10. The highest BCUT2D eigenvalue weighted by molar-refractivity contribution is 6.14. The minimum atomic E-state index is -1.25. The van der Waals surface area contributed by atoms with E-state index < -0.39 is 35.5 Å². The Morgan fingerprint density at radius 2 is 0.940 bits per heavy atom. The van der Waals surface area contributed by atoms with Gasteiger partial charge in [-0.3, -0.25) is 19.4 Å². The van der Waals surface area contributed by atoms with E-state index in [9.17, 15) is 19.2 Å². The number of carbonyl (C=O) groups excluding carboxylic acids is 4. The standard InChI is InChI=1S/2C19H23NO5/c2*1-18(2,3)16-20-15(21)10-14(12-6-8-13(23-4)9-7-12)19(20,11-25-16)17(22)24-5/h2*6-10,16H,11H2,1-5H3/t2*16-,19-/m11/s1. The van der Waals surface area contributed by atoms with Gasteiger partial charge in [-0.25, -0.2) is 9.59 Å². The van der Waals surface area contributed by atoms with Gasteiger partial charge >= 0.3 is 11.9 Å². The number of carbonyl (C=O) groups is 4. The summed E-state index contributed by atoms with van der Waals surface area (Å²) < 4.78 is 32.3. The van der Waals surface area contributed by atoms with Gasteiger partial charge in [-0.1, -0.05) is 65.8 Å². The lowest BCUT2D eigenvalue weighted by atomic mass is 9.85. The SMILES string of the molecule is COC(=O)[C@]12CO[C@H](C(C)(C)C)N1C(=O)C=C2c1ccc(OC)cc1.COC(=O)[C@]12CO[C@H](C(C)(C)C)N1C(=O)C=C2c1ccc(OC)cc1. The van der Waals surface area contributed by atoms with Crippen LogP contribution in [0.1, 0.15) is 52.7 Å². The third kappa shape index (κ3) is 5.83. The molecule has 0 radical (unpaired) electrons. The summed E-state index contributed by atoms with van der Waals surface area (Å²) in [6.07, 6.45) is 2.01. The zero-order valence-electron chi connectivity index (χ0n) is 30.3. The smallest absolute Gasteiger partial charge is 0.339 e. The van der Waals surface area contributed by atoms with E-state index in [-0.39, 0.29) is 35.9 Å². The summed E-state index contributed by atoms with van der Waals surface area (Å²) in [5, 5.41) is 0. The molecule has 0 spiro atoms. The van der Waals surface area contributed by atoms with Crippen molar-refractivity contribution in [2.45, 2.75) is 65.1 Å². The molecule has 268 valence electrons. The summed E-state index contributed by atoms with van der Waals surface area (Å²) in [6.45, 7) is 12.0. The second-order valence-electron chi connectivity index (χ2n) is 14.8. The number of methoxy groups -OCH3 is 4. The zero-order valence-corrected chi connectivity index (χ0v) is 30.3. The van der Waals surface area contributed by atoms with Crippen molar-refractivity contribution in [2.24, 2.45) is 10.8 Å². The van der Waals surface area contributed by atoms with Crippen molar-refractivity contribution in [3.8, 4) is 11.5 Å². The highest BCUT2D eigenvalue weighted by Gasteiger charge is 2.65. The highest BCUT2D eigenvalue weighted by atomic mass is 16.6. The average Bonchev–Trinajstić information content (AvgIpc) is 3.84. The molecule has 6 rings (SSSR count). The second kappa shape index (κ2) is 13.2. The van der Waals surface area contributed by atoms with Crippen molar-refractivity contribution < 1.29 is 47.6 Å². The predicted molar refractivity (Wildman–Crippen MR) is 184 cm³/mol. The number of esters is 2. The van der Waals surface area contributed by atoms with Crippen LogP contribution in [-0.4, -0.2) is 98.7 Å². The Morgan fingerprint density at radius 1 is 0.620 bits per heavy atom. The molecule has 4 atom stereocenters. The van der Waals surface area contributed by atoms with Crippen molar-refractivity contribution >= 4 is 34.9 Å². The van der Waals surface area contributed by atoms with Gasteiger partial charge in [0.15, 0.2) is 11.1 Å². The van der Waals surface area contributed by atoms with E-state index in [0.717, 1.165) is 11.1 Å². The van der Waals surface area contributed by atoms with Crippen LogP contribution in [0.5, 0.6) is 11.5 Å². The normalized spacial score (nSPS) is 25.6. The van der Waals surface area contributed by atoms with Crippen molar-refractivity contribution in [3.05, 3.63) is 71.8 Å². The topological polar surface area (TPSA) is 130 Å². The lowest BCUT2D eigenvalue weighted by molar-refractivity contribution is -0.155. The maximum Gasteiger partial charge on any atom is 0.339 e. The Kier molecular flexibility index (Phi) is 9.68. The van der Waals surface area contributed by atoms with Gasteiger partial charge in [-0.05, 0) is 35.4 Å². The fourth-order valence-electron chi connectivity index (χ4n) is 7.07. The van der Waals surface area contributed by atoms with Gasteiger partial charge < -0.3 is 28.4 Å². The minimum Gasteiger partial charge on any atom is -0.497 e. The lowest BCUT2D eigenvalue weighted by Crippen LogP contribution is -2.56. The van der Waals surface area contributed by atoms with E-state index in [1.54, 1.807) is 38.5 Å². The van der Waals surface area contributed by atoms with Gasteiger partial charge in [0.25, 0.3) is 0 Å². The second-order valence-corrected chi connectivity index (χ2v) is 14.8. The van der Waals surface area contributed by atoms with Gasteiger partial charge in [0.1, 0.15) is 24.0 Å². The van der Waals surface area contributed by atoms with Crippen molar-refractivity contribution in [3.63, 3.8) is 0 Å². The van der Waals surface area contributed by atoms with E-state index >= 15 is 0 Å². The van der Waals surface area contributed by atoms with Gasteiger partial charge in [-0.2, -0.15) is 0 Å². The Labute approximate surface area is 292 Å². The first-order valence-electron chi connectivity index (χ1n) is 16.3. The number of amides is 2. The summed E-state index contributed by atoms with van der Waals surface area (Å²) in [4.78, 5) is 54.2. The number of hydrogen-bond acceptors (Lipinski definition) is 10. The maximum atomic E-state index is 12.8. The lowest BCUT2D eigenvalue weighted by Gasteiger charge is -2.37. The summed E-state index contributed by atoms with van der Waals surface area (Å²) in [6, 6.07) is 14.5. The Bertz CT molecular complexity index is 1590.